The van der Waals surface area contributed by atoms with Gasteiger partial charge in [0.2, 0.25) is 0 Å². The summed E-state index contributed by atoms with van der Waals surface area (Å²) in [5.41, 5.74) is 3.10. The summed E-state index contributed by atoms with van der Waals surface area (Å²) < 4.78 is 6.13. The molecule has 1 heterocycles. The van der Waals surface area contributed by atoms with Gasteiger partial charge in [0.05, 0.1) is 5.56 Å². The Hall–Kier alpha value is -2.49. The van der Waals surface area contributed by atoms with Crippen LogP contribution >= 0.6 is 0 Å². The Morgan fingerprint density at radius 2 is 1.93 bits per heavy atom. The highest BCUT2D eigenvalue weighted by Gasteiger charge is 2.30. The molecule has 4 heteroatoms. The Kier molecular flexibility index (Phi) is 6.53. The number of aromatic carboxylic acids is 1. The third-order valence-electron chi connectivity index (χ3n) is 4.88. The van der Waals surface area contributed by atoms with Crippen molar-refractivity contribution in [3.05, 3.63) is 52.1 Å². The Morgan fingerprint density at radius 1 is 1.22 bits per heavy atom. The van der Waals surface area contributed by atoms with Crippen molar-refractivity contribution >= 4 is 12.0 Å². The second kappa shape index (κ2) is 8.47. The third kappa shape index (κ3) is 5.25. The number of ether oxygens (including phenoxy) is 1. The quantitative estimate of drug-likeness (QED) is 0.575. The molecule has 146 valence electrons. The minimum absolute atomic E-state index is 0.0690. The molecule has 2 rings (SSSR count). The van der Waals surface area contributed by atoms with Gasteiger partial charge in [-0.1, -0.05) is 23.3 Å². The standard InChI is InChI=1S/C23H30O4/c1-15(2)8-6-9-16(3)10-7-12-23(5)13-11-18-19(27-23)14-17(4)20(21(18)24)22(25)26/h8,10-11,13-14,24H,6-7,9,12H2,1-5H3,(H,25,26)/b16-10+. The van der Waals surface area contributed by atoms with Gasteiger partial charge in [-0.25, -0.2) is 4.79 Å². The van der Waals surface area contributed by atoms with E-state index < -0.39 is 11.6 Å². The Bertz CT molecular complexity index is 810. The van der Waals surface area contributed by atoms with Crippen LogP contribution < -0.4 is 4.74 Å². The van der Waals surface area contributed by atoms with Crippen LogP contribution in [0.25, 0.3) is 6.08 Å². The minimum Gasteiger partial charge on any atom is -0.506 e. The fraction of sp³-hybridized carbons (Fsp3) is 0.435. The highest BCUT2D eigenvalue weighted by atomic mass is 16.5. The number of rotatable bonds is 7. The molecule has 0 spiro atoms. The van der Waals surface area contributed by atoms with Crippen molar-refractivity contribution in [2.45, 2.75) is 65.9 Å². The van der Waals surface area contributed by atoms with Gasteiger partial charge in [0.1, 0.15) is 22.7 Å². The molecule has 1 aromatic rings. The number of carboxylic acids is 1. The maximum absolute atomic E-state index is 11.3. The number of allylic oxidation sites excluding steroid dienone is 4. The van der Waals surface area contributed by atoms with Crippen molar-refractivity contribution in [2.75, 3.05) is 0 Å². The van der Waals surface area contributed by atoms with E-state index in [9.17, 15) is 15.0 Å². The number of hydrogen-bond acceptors (Lipinski definition) is 3. The van der Waals surface area contributed by atoms with E-state index in [2.05, 4.69) is 32.9 Å². The molecule has 0 saturated heterocycles. The first-order valence-electron chi connectivity index (χ1n) is 9.40. The molecule has 1 atom stereocenters. The van der Waals surface area contributed by atoms with Crippen molar-refractivity contribution in [2.24, 2.45) is 0 Å². The van der Waals surface area contributed by atoms with Crippen molar-refractivity contribution in [1.29, 1.82) is 0 Å². The van der Waals surface area contributed by atoms with Crippen molar-refractivity contribution < 1.29 is 19.7 Å². The van der Waals surface area contributed by atoms with Crippen LogP contribution in [0.1, 0.15) is 74.9 Å². The predicted octanol–water partition coefficient (Wildman–Crippen LogP) is 6.04. The van der Waals surface area contributed by atoms with Crippen molar-refractivity contribution in [1.82, 2.24) is 0 Å². The average Bonchev–Trinajstić information content (AvgIpc) is 2.53. The molecular formula is C23H30O4. The number of benzene rings is 1. The van der Waals surface area contributed by atoms with Gasteiger partial charge in [-0.15, -0.1) is 0 Å². The van der Waals surface area contributed by atoms with Crippen LogP contribution in [0.4, 0.5) is 0 Å². The summed E-state index contributed by atoms with van der Waals surface area (Å²) in [4.78, 5) is 11.3. The summed E-state index contributed by atoms with van der Waals surface area (Å²) in [5, 5.41) is 19.6. The minimum atomic E-state index is -1.14. The number of aryl methyl sites for hydroxylation is 1. The van der Waals surface area contributed by atoms with Crippen LogP contribution in [0, 0.1) is 6.92 Å². The second-order valence-electron chi connectivity index (χ2n) is 7.79. The van der Waals surface area contributed by atoms with Gasteiger partial charge < -0.3 is 14.9 Å². The summed E-state index contributed by atoms with van der Waals surface area (Å²) in [6, 6.07) is 1.70. The highest BCUT2D eigenvalue weighted by Crippen LogP contribution is 2.41. The Labute approximate surface area is 161 Å². The lowest BCUT2D eigenvalue weighted by molar-refractivity contribution is 0.0692. The second-order valence-corrected chi connectivity index (χ2v) is 7.79. The maximum atomic E-state index is 11.3. The maximum Gasteiger partial charge on any atom is 0.339 e. The Morgan fingerprint density at radius 3 is 2.56 bits per heavy atom. The molecular weight excluding hydrogens is 340 g/mol. The summed E-state index contributed by atoms with van der Waals surface area (Å²) >= 11 is 0. The van der Waals surface area contributed by atoms with E-state index in [0.29, 0.717) is 16.9 Å². The van der Waals surface area contributed by atoms with E-state index in [4.69, 9.17) is 4.74 Å². The average molecular weight is 370 g/mol. The molecule has 0 fully saturated rings. The predicted molar refractivity (Wildman–Crippen MR) is 110 cm³/mol. The van der Waals surface area contributed by atoms with Gasteiger partial charge in [0.25, 0.3) is 0 Å². The molecule has 0 bridgehead atoms. The van der Waals surface area contributed by atoms with Crippen molar-refractivity contribution in [3.63, 3.8) is 0 Å². The Balaban J connectivity index is 2.07. The van der Waals surface area contributed by atoms with Gasteiger partial charge >= 0.3 is 5.97 Å². The summed E-state index contributed by atoms with van der Waals surface area (Å²) in [6.45, 7) is 10.1. The number of phenols is 1. The molecule has 1 unspecified atom stereocenters. The zero-order valence-electron chi connectivity index (χ0n) is 16.9. The highest BCUT2D eigenvalue weighted by molar-refractivity contribution is 5.95. The molecule has 27 heavy (non-hydrogen) atoms. The molecule has 0 radical (unpaired) electrons. The lowest BCUT2D eigenvalue weighted by Gasteiger charge is -2.32. The third-order valence-corrected chi connectivity index (χ3v) is 4.88. The van der Waals surface area contributed by atoms with E-state index in [0.717, 1.165) is 25.7 Å². The number of hydrogen-bond donors (Lipinski definition) is 2. The van der Waals surface area contributed by atoms with Crippen LogP contribution in [-0.4, -0.2) is 21.8 Å². The van der Waals surface area contributed by atoms with Crippen LogP contribution in [0.5, 0.6) is 11.5 Å². The first kappa shape index (κ1) is 20.8. The molecule has 0 saturated carbocycles. The number of carbonyl (C=O) groups is 1. The van der Waals surface area contributed by atoms with Crippen molar-refractivity contribution in [3.8, 4) is 11.5 Å². The molecule has 1 aliphatic rings. The largest absolute Gasteiger partial charge is 0.506 e. The van der Waals surface area contributed by atoms with E-state index in [1.54, 1.807) is 19.1 Å². The fourth-order valence-electron chi connectivity index (χ4n) is 3.28. The topological polar surface area (TPSA) is 66.8 Å². The van der Waals surface area contributed by atoms with Gasteiger partial charge in [-0.05, 0) is 84.1 Å². The van der Waals surface area contributed by atoms with E-state index in [1.165, 1.54) is 11.1 Å². The van der Waals surface area contributed by atoms with Gasteiger partial charge in [-0.2, -0.15) is 0 Å². The zero-order valence-corrected chi connectivity index (χ0v) is 16.9. The summed E-state index contributed by atoms with van der Waals surface area (Å²) in [5.74, 6) is -0.835. The van der Waals surface area contributed by atoms with Crippen LogP contribution in [0.2, 0.25) is 0 Å². The zero-order chi connectivity index (χ0) is 20.2. The van der Waals surface area contributed by atoms with E-state index in [-0.39, 0.29) is 11.3 Å². The molecule has 1 aromatic carbocycles. The van der Waals surface area contributed by atoms with Crippen LogP contribution in [0.15, 0.2) is 35.4 Å². The van der Waals surface area contributed by atoms with Gasteiger partial charge in [0.15, 0.2) is 0 Å². The van der Waals surface area contributed by atoms with Crippen LogP contribution in [-0.2, 0) is 0 Å². The van der Waals surface area contributed by atoms with Gasteiger partial charge in [0, 0.05) is 0 Å². The number of fused-ring (bicyclic) bond motifs is 1. The SMILES string of the molecule is CC(C)=CCC/C(C)=C/CCC1(C)C=Cc2c(cc(C)c(C(=O)O)c2O)O1. The molecule has 0 aliphatic carbocycles. The molecule has 0 amide bonds. The molecule has 2 N–H and O–H groups in total. The lowest BCUT2D eigenvalue weighted by atomic mass is 9.92. The first-order chi connectivity index (χ1) is 12.6. The number of aromatic hydroxyl groups is 1. The fourth-order valence-corrected chi connectivity index (χ4v) is 3.28. The summed E-state index contributed by atoms with van der Waals surface area (Å²) in [7, 11) is 0. The van der Waals surface area contributed by atoms with E-state index in [1.807, 2.05) is 13.0 Å². The number of carboxylic acid groups (broad SMARTS) is 1. The van der Waals surface area contributed by atoms with E-state index >= 15 is 0 Å². The monoisotopic (exact) mass is 370 g/mol. The molecule has 0 aromatic heterocycles. The van der Waals surface area contributed by atoms with Gasteiger partial charge in [-0.3, -0.25) is 0 Å². The smallest absolute Gasteiger partial charge is 0.339 e. The normalized spacial score (nSPS) is 18.6. The molecule has 1 aliphatic heterocycles. The molecule has 4 nitrogen and oxygen atoms in total. The first-order valence-corrected chi connectivity index (χ1v) is 9.40. The summed E-state index contributed by atoms with van der Waals surface area (Å²) in [6.07, 6.45) is 12.0. The van der Waals surface area contributed by atoms with Crippen LogP contribution in [0.3, 0.4) is 0 Å². The lowest BCUT2D eigenvalue weighted by Crippen LogP contribution is -2.31.